The van der Waals surface area contributed by atoms with Crippen molar-refractivity contribution >= 4 is 24.8 Å². The molecule has 6 N–H and O–H groups in total. The Morgan fingerprint density at radius 3 is 2.82 bits per heavy atom. The maximum Gasteiger partial charge on any atom is 0.469 e. The fourth-order valence-electron chi connectivity index (χ4n) is 2.11. The number of fused-ring (bicyclic) bond motifs is 1. The SMILES string of the molecule is Nc1ncnc2c1ncn2C1(O)OC(COP(=O)(O)O)[C@@H]1O. The summed E-state index contributed by atoms with van der Waals surface area (Å²) in [7, 11) is -4.70. The summed E-state index contributed by atoms with van der Waals surface area (Å²) >= 11 is 0. The molecule has 120 valence electrons. The van der Waals surface area contributed by atoms with Gasteiger partial charge in [-0.2, -0.15) is 0 Å². The zero-order chi connectivity index (χ0) is 16.1. The number of aromatic nitrogens is 4. The number of phosphoric ester groups is 1. The van der Waals surface area contributed by atoms with Gasteiger partial charge >= 0.3 is 7.82 Å². The van der Waals surface area contributed by atoms with Gasteiger partial charge in [-0.05, 0) is 0 Å². The van der Waals surface area contributed by atoms with Crippen LogP contribution < -0.4 is 5.73 Å². The molecule has 0 aromatic carbocycles. The first-order chi connectivity index (χ1) is 10.2. The van der Waals surface area contributed by atoms with Crippen LogP contribution >= 0.6 is 7.82 Å². The van der Waals surface area contributed by atoms with Crippen LogP contribution in [0.15, 0.2) is 12.7 Å². The van der Waals surface area contributed by atoms with Gasteiger partial charge in [-0.1, -0.05) is 0 Å². The van der Waals surface area contributed by atoms with Crippen molar-refractivity contribution in [2.75, 3.05) is 12.3 Å². The molecule has 22 heavy (non-hydrogen) atoms. The highest BCUT2D eigenvalue weighted by molar-refractivity contribution is 7.46. The number of hydrogen-bond acceptors (Lipinski definition) is 9. The normalized spacial score (nSPS) is 28.7. The number of phosphoric acid groups is 1. The molecule has 3 atom stereocenters. The molecule has 0 bridgehead atoms. The van der Waals surface area contributed by atoms with Gasteiger partial charge in [0.1, 0.15) is 24.3 Å². The van der Waals surface area contributed by atoms with Crippen LogP contribution in [0.4, 0.5) is 5.82 Å². The van der Waals surface area contributed by atoms with Gasteiger partial charge in [0, 0.05) is 0 Å². The molecule has 1 fully saturated rings. The molecule has 2 aromatic heterocycles. The van der Waals surface area contributed by atoms with Crippen LogP contribution in [0.2, 0.25) is 0 Å². The third-order valence-corrected chi connectivity index (χ3v) is 3.66. The molecule has 3 rings (SSSR count). The van der Waals surface area contributed by atoms with Gasteiger partial charge in [0.05, 0.1) is 6.61 Å². The first-order valence-corrected chi connectivity index (χ1v) is 7.48. The Bertz CT molecular complexity index is 762. The molecule has 0 radical (unpaired) electrons. The van der Waals surface area contributed by atoms with Gasteiger partial charge in [0.15, 0.2) is 17.6 Å². The third kappa shape index (κ3) is 2.36. The van der Waals surface area contributed by atoms with Crippen molar-refractivity contribution in [3.05, 3.63) is 12.7 Å². The van der Waals surface area contributed by atoms with Gasteiger partial charge in [-0.15, -0.1) is 0 Å². The van der Waals surface area contributed by atoms with Crippen LogP contribution in [-0.4, -0.2) is 58.3 Å². The summed E-state index contributed by atoms with van der Waals surface area (Å²) in [6.45, 7) is -0.600. The molecule has 0 amide bonds. The number of hydrogen-bond donors (Lipinski definition) is 5. The van der Waals surface area contributed by atoms with Gasteiger partial charge in [-0.25, -0.2) is 19.5 Å². The Labute approximate surface area is 122 Å². The molecule has 2 aromatic rings. The second-order valence-corrected chi connectivity index (χ2v) is 5.83. The van der Waals surface area contributed by atoms with Crippen LogP contribution in [0, 0.1) is 0 Å². The van der Waals surface area contributed by atoms with E-state index >= 15 is 0 Å². The Hall–Kier alpha value is -1.66. The van der Waals surface area contributed by atoms with E-state index in [0.717, 1.165) is 17.2 Å². The predicted octanol–water partition coefficient (Wildman–Crippen LogP) is -2.12. The van der Waals surface area contributed by atoms with Crippen LogP contribution in [0.25, 0.3) is 11.2 Å². The second-order valence-electron chi connectivity index (χ2n) is 4.59. The maximum absolute atomic E-state index is 10.6. The molecule has 2 unspecified atom stereocenters. The van der Waals surface area contributed by atoms with E-state index < -0.39 is 32.5 Å². The average molecular weight is 333 g/mol. The number of rotatable bonds is 4. The first kappa shape index (κ1) is 15.2. The summed E-state index contributed by atoms with van der Waals surface area (Å²) in [5.41, 5.74) is 5.95. The molecule has 1 saturated heterocycles. The molecule has 0 spiro atoms. The number of imidazole rings is 1. The highest BCUT2D eigenvalue weighted by atomic mass is 31.2. The summed E-state index contributed by atoms with van der Waals surface area (Å²) in [5, 5.41) is 20.3. The van der Waals surface area contributed by atoms with Gasteiger partial charge < -0.3 is 30.5 Å². The third-order valence-electron chi connectivity index (χ3n) is 3.18. The van der Waals surface area contributed by atoms with Crippen molar-refractivity contribution in [3.8, 4) is 0 Å². The quantitative estimate of drug-likeness (QED) is 0.385. The molecule has 3 heterocycles. The highest BCUT2D eigenvalue weighted by Crippen LogP contribution is 2.41. The summed E-state index contributed by atoms with van der Waals surface area (Å²) < 4.78 is 21.0. The van der Waals surface area contributed by atoms with E-state index in [1.165, 1.54) is 0 Å². The number of nitrogens with zero attached hydrogens (tertiary/aromatic N) is 4. The van der Waals surface area contributed by atoms with Crippen molar-refractivity contribution in [2.45, 2.75) is 18.1 Å². The smallest absolute Gasteiger partial charge is 0.382 e. The van der Waals surface area contributed by atoms with E-state index in [4.69, 9.17) is 20.3 Å². The largest absolute Gasteiger partial charge is 0.469 e. The molecule has 0 saturated carbocycles. The minimum absolute atomic E-state index is 0.0857. The van der Waals surface area contributed by atoms with Crippen LogP contribution in [0.5, 0.6) is 0 Å². The van der Waals surface area contributed by atoms with Gasteiger partial charge in [0.2, 0.25) is 0 Å². The number of nitrogens with two attached hydrogens (primary N) is 1. The molecule has 0 aliphatic carbocycles. The second kappa shape index (κ2) is 4.93. The number of aliphatic hydroxyl groups is 2. The molecule has 12 nitrogen and oxygen atoms in total. The first-order valence-electron chi connectivity index (χ1n) is 5.95. The standard InChI is InChI=1S/C9H12N5O7P/c10-7-5-8(12-2-11-7)14(3-13-5)9(16)6(15)4(21-9)1-20-22(17,18)19/h2-4,6,15-16H,1H2,(H2,10,11,12)(H2,17,18,19)/t4?,6-,9?/m0/s1. The summed E-state index contributed by atoms with van der Waals surface area (Å²) in [6, 6.07) is 0. The van der Waals surface area contributed by atoms with Gasteiger partial charge in [-0.3, -0.25) is 9.09 Å². The van der Waals surface area contributed by atoms with Crippen LogP contribution in [-0.2, 0) is 19.7 Å². The Balaban J connectivity index is 1.83. The minimum atomic E-state index is -4.70. The molecular formula is C9H12N5O7P. The van der Waals surface area contributed by atoms with Crippen LogP contribution in [0.1, 0.15) is 0 Å². The van der Waals surface area contributed by atoms with Gasteiger partial charge in [0.25, 0.3) is 5.91 Å². The number of nitrogen functional groups attached to an aromatic ring is 1. The van der Waals surface area contributed by atoms with E-state index in [2.05, 4.69) is 19.5 Å². The van der Waals surface area contributed by atoms with Crippen molar-refractivity contribution in [1.29, 1.82) is 0 Å². The summed E-state index contributed by atoms with van der Waals surface area (Å²) in [5.74, 6) is -2.11. The molecular weight excluding hydrogens is 321 g/mol. The Morgan fingerprint density at radius 1 is 1.45 bits per heavy atom. The highest BCUT2D eigenvalue weighted by Gasteiger charge is 2.57. The lowest BCUT2D eigenvalue weighted by atomic mass is 10.0. The minimum Gasteiger partial charge on any atom is -0.382 e. The summed E-state index contributed by atoms with van der Waals surface area (Å²) in [6.07, 6.45) is -0.348. The van der Waals surface area contributed by atoms with E-state index in [1.54, 1.807) is 0 Å². The fraction of sp³-hybridized carbons (Fsp3) is 0.444. The predicted molar refractivity (Wildman–Crippen MR) is 68.8 cm³/mol. The molecule has 13 heteroatoms. The molecule has 1 aliphatic heterocycles. The Morgan fingerprint density at radius 2 is 2.18 bits per heavy atom. The van der Waals surface area contributed by atoms with E-state index in [9.17, 15) is 14.8 Å². The zero-order valence-corrected chi connectivity index (χ0v) is 11.7. The monoisotopic (exact) mass is 333 g/mol. The fourth-order valence-corrected chi connectivity index (χ4v) is 2.45. The number of ether oxygens (including phenoxy) is 1. The van der Waals surface area contributed by atoms with Crippen molar-refractivity contribution in [1.82, 2.24) is 19.5 Å². The lowest BCUT2D eigenvalue weighted by Gasteiger charge is -2.47. The number of anilines is 1. The lowest BCUT2D eigenvalue weighted by molar-refractivity contribution is -0.432. The van der Waals surface area contributed by atoms with Crippen LogP contribution in [0.3, 0.4) is 0 Å². The average Bonchev–Trinajstić information content (AvgIpc) is 2.87. The number of aliphatic hydroxyl groups excluding tert-OH is 1. The van der Waals surface area contributed by atoms with Crippen molar-refractivity contribution < 1.29 is 33.8 Å². The van der Waals surface area contributed by atoms with E-state index in [0.29, 0.717) is 0 Å². The van der Waals surface area contributed by atoms with Crippen molar-refractivity contribution in [3.63, 3.8) is 0 Å². The lowest BCUT2D eigenvalue weighted by Crippen LogP contribution is -2.66. The van der Waals surface area contributed by atoms with E-state index in [1.807, 2.05) is 0 Å². The Kier molecular flexibility index (Phi) is 3.41. The van der Waals surface area contributed by atoms with Crippen molar-refractivity contribution in [2.24, 2.45) is 0 Å². The topological polar surface area (TPSA) is 186 Å². The molecule has 1 aliphatic rings. The summed E-state index contributed by atoms with van der Waals surface area (Å²) in [4.78, 5) is 28.8. The maximum atomic E-state index is 10.6. The zero-order valence-electron chi connectivity index (χ0n) is 10.8. The van der Waals surface area contributed by atoms with E-state index in [-0.39, 0.29) is 17.0 Å².